The van der Waals surface area contributed by atoms with Gasteiger partial charge in [-0.05, 0) is 102 Å². The molecule has 2 unspecified atom stereocenters. The predicted molar refractivity (Wildman–Crippen MR) is 396 cm³/mol. The van der Waals surface area contributed by atoms with Crippen LogP contribution in [-0.2, 0) is 18.9 Å². The van der Waals surface area contributed by atoms with Crippen LogP contribution in [0, 0.1) is 59.2 Å². The lowest BCUT2D eigenvalue weighted by Gasteiger charge is -2.19. The Hall–Kier alpha value is -1.54. The van der Waals surface area contributed by atoms with Crippen molar-refractivity contribution in [2.24, 2.45) is 69.4 Å². The van der Waals surface area contributed by atoms with E-state index in [1.807, 2.05) is 0 Å². The Morgan fingerprint density at radius 3 is 0.802 bits per heavy atom. The van der Waals surface area contributed by atoms with Crippen molar-refractivity contribution in [1.82, 2.24) is 0 Å². The molecular formula is C81H160N6O4. The summed E-state index contributed by atoms with van der Waals surface area (Å²) in [5.74, 6) is 8.47. The largest absolute Gasteiger partial charge is 0.379 e. The molecule has 0 aromatic heterocycles. The van der Waals surface area contributed by atoms with E-state index in [9.17, 15) is 0 Å². The van der Waals surface area contributed by atoms with Crippen molar-refractivity contribution in [3.8, 4) is 0 Å². The van der Waals surface area contributed by atoms with Crippen molar-refractivity contribution >= 4 is 0 Å². The Labute approximate surface area is 568 Å². The maximum absolute atomic E-state index is 8.92. The zero-order chi connectivity index (χ0) is 66.3. The maximum Gasteiger partial charge on any atom is 0.0864 e. The monoisotopic (exact) mass is 1280 g/mol. The highest BCUT2D eigenvalue weighted by molar-refractivity contribution is 4.76. The van der Waals surface area contributed by atoms with Crippen molar-refractivity contribution in [3.63, 3.8) is 0 Å². The van der Waals surface area contributed by atoms with Gasteiger partial charge in [-0.1, -0.05) is 375 Å². The molecule has 0 radical (unpaired) electrons. The molecule has 1 fully saturated rings. The average Bonchev–Trinajstić information content (AvgIpc) is 3.36. The fourth-order valence-corrected chi connectivity index (χ4v) is 14.6. The van der Waals surface area contributed by atoms with E-state index in [4.69, 9.17) is 30.0 Å². The third-order valence-corrected chi connectivity index (χ3v) is 21.2. The molecule has 1 aliphatic carbocycles. The van der Waals surface area contributed by atoms with Crippen molar-refractivity contribution in [3.05, 3.63) is 20.9 Å². The predicted octanol–water partition coefficient (Wildman–Crippen LogP) is 27.7. The molecule has 0 bridgehead atoms. The first kappa shape index (κ1) is 87.5. The highest BCUT2D eigenvalue weighted by Gasteiger charge is 2.24. The van der Waals surface area contributed by atoms with Gasteiger partial charge in [0.05, 0.1) is 38.5 Å². The van der Waals surface area contributed by atoms with Crippen LogP contribution >= 0.6 is 0 Å². The Balaban J connectivity index is 1.88. The second kappa shape index (κ2) is 65.7. The highest BCUT2D eigenvalue weighted by Crippen LogP contribution is 2.37. The first-order valence-corrected chi connectivity index (χ1v) is 40.7. The number of ether oxygens (including phenoxy) is 4. The first-order chi connectivity index (χ1) is 44.3. The van der Waals surface area contributed by atoms with Crippen LogP contribution in [0.2, 0.25) is 0 Å². The molecule has 10 nitrogen and oxygen atoms in total. The summed E-state index contributed by atoms with van der Waals surface area (Å²) in [7, 11) is 0. The second-order valence-electron chi connectivity index (χ2n) is 31.9. The minimum absolute atomic E-state index is 0.140. The number of rotatable bonds is 72. The van der Waals surface area contributed by atoms with Crippen LogP contribution in [0.4, 0.5) is 0 Å². The van der Waals surface area contributed by atoms with E-state index in [-0.39, 0.29) is 12.2 Å². The number of azide groups is 2. The lowest BCUT2D eigenvalue weighted by Crippen LogP contribution is -2.24. The summed E-state index contributed by atoms with van der Waals surface area (Å²) in [5.41, 5.74) is 17.8. The van der Waals surface area contributed by atoms with Crippen LogP contribution in [0.25, 0.3) is 20.9 Å². The van der Waals surface area contributed by atoms with Gasteiger partial charge in [0.25, 0.3) is 0 Å². The number of unbranched alkanes of at least 4 members (excludes halogenated alkanes) is 24. The molecule has 10 atom stereocenters. The molecule has 0 amide bonds. The Morgan fingerprint density at radius 1 is 0.297 bits per heavy atom. The molecule has 1 rings (SSSR count). The molecule has 0 aromatic carbocycles. The van der Waals surface area contributed by atoms with Gasteiger partial charge in [-0.2, -0.15) is 0 Å². The zero-order valence-corrected chi connectivity index (χ0v) is 63.0. The van der Waals surface area contributed by atoms with Crippen LogP contribution in [0.1, 0.15) is 397 Å². The second-order valence-corrected chi connectivity index (χ2v) is 31.9. The van der Waals surface area contributed by atoms with Crippen molar-refractivity contribution in [1.29, 1.82) is 0 Å². The van der Waals surface area contributed by atoms with E-state index in [1.54, 1.807) is 0 Å². The van der Waals surface area contributed by atoms with Gasteiger partial charge in [0.15, 0.2) is 0 Å². The van der Waals surface area contributed by atoms with Gasteiger partial charge in [0.2, 0.25) is 0 Å². The third kappa shape index (κ3) is 61.8. The summed E-state index contributed by atoms with van der Waals surface area (Å²) in [5, 5.41) is 7.63. The van der Waals surface area contributed by atoms with Gasteiger partial charge in [-0.25, -0.2) is 0 Å². The van der Waals surface area contributed by atoms with E-state index >= 15 is 0 Å². The molecule has 0 spiro atoms. The van der Waals surface area contributed by atoms with E-state index in [1.165, 1.54) is 302 Å². The van der Waals surface area contributed by atoms with E-state index in [2.05, 4.69) is 89.3 Å². The smallest absolute Gasteiger partial charge is 0.0864 e. The van der Waals surface area contributed by atoms with Crippen LogP contribution in [-0.4, -0.2) is 64.9 Å². The summed E-state index contributed by atoms with van der Waals surface area (Å²) in [6.07, 6.45) is 69.6. The van der Waals surface area contributed by atoms with Crippen molar-refractivity contribution in [2.45, 2.75) is 409 Å². The molecule has 10 heteroatoms. The molecule has 0 heterocycles. The molecule has 538 valence electrons. The van der Waals surface area contributed by atoms with Gasteiger partial charge < -0.3 is 18.9 Å². The quantitative estimate of drug-likeness (QED) is 0.0259. The van der Waals surface area contributed by atoms with Gasteiger partial charge in [-0.15, -0.1) is 0 Å². The molecule has 1 aliphatic rings. The molecule has 1 saturated carbocycles. The van der Waals surface area contributed by atoms with Crippen LogP contribution in [0.15, 0.2) is 10.2 Å². The number of hydrogen-bond acceptors (Lipinski definition) is 6. The number of nitrogens with zero attached hydrogens (tertiary/aromatic N) is 6. The van der Waals surface area contributed by atoms with Crippen LogP contribution in [0.3, 0.4) is 0 Å². The number of hydrogen-bond donors (Lipinski definition) is 0. The van der Waals surface area contributed by atoms with E-state index < -0.39 is 0 Å². The van der Waals surface area contributed by atoms with Gasteiger partial charge in [-0.3, -0.25) is 0 Å². The lowest BCUT2D eigenvalue weighted by atomic mass is 9.91. The summed E-state index contributed by atoms with van der Waals surface area (Å²) < 4.78 is 24.4. The Kier molecular flexibility index (Phi) is 63.2. The summed E-state index contributed by atoms with van der Waals surface area (Å²) >= 11 is 0. The summed E-state index contributed by atoms with van der Waals surface area (Å²) in [6, 6.07) is 0. The fourth-order valence-electron chi connectivity index (χ4n) is 14.6. The average molecular weight is 1280 g/mol. The van der Waals surface area contributed by atoms with Crippen molar-refractivity contribution < 1.29 is 18.9 Å². The van der Waals surface area contributed by atoms with Gasteiger partial charge in [0.1, 0.15) is 0 Å². The minimum atomic E-state index is -0.140. The summed E-state index contributed by atoms with van der Waals surface area (Å²) in [4.78, 5) is 5.97. The Morgan fingerprint density at radius 2 is 0.538 bits per heavy atom. The lowest BCUT2D eigenvalue weighted by molar-refractivity contribution is -0.0162. The van der Waals surface area contributed by atoms with Crippen LogP contribution < -0.4 is 0 Å². The normalized spacial score (nSPS) is 17.1. The summed E-state index contributed by atoms with van der Waals surface area (Å²) in [6.45, 7) is 28.6. The van der Waals surface area contributed by atoms with Gasteiger partial charge >= 0.3 is 0 Å². The SMILES string of the molecule is CC(C)CCC[C@@H](C)CCC[C@@H](C)CCCC(C)CCO[C@H](CN=[N+]=[N-])COCCCCCCCCCCCCCCC[C@@H]1CC[C@H](CCCCCCCCCCCCCCCOC[C@@H](CN=[N+]=[N-])OCCC(C)CCC[C@H](C)CCC[C@H](C)CCCC(C)C)C1. The van der Waals surface area contributed by atoms with E-state index in [0.29, 0.717) is 51.4 Å². The molecule has 0 saturated heterocycles. The molecule has 0 aromatic rings. The third-order valence-electron chi connectivity index (χ3n) is 21.2. The topological polar surface area (TPSA) is 134 Å². The van der Waals surface area contributed by atoms with Crippen molar-refractivity contribution in [2.75, 3.05) is 52.7 Å². The minimum Gasteiger partial charge on any atom is -0.379 e. The molecular weight excluding hydrogens is 1120 g/mol. The Bertz CT molecular complexity index is 1490. The van der Waals surface area contributed by atoms with E-state index in [0.717, 1.165) is 86.2 Å². The molecule has 91 heavy (non-hydrogen) atoms. The standard InChI is InChI=1S/C81H160N6O4/c1-70(2)43-37-45-72(5)47-39-49-74(7)51-41-53-76(9)59-63-90-80(66-84-86-82)68-88-61-35-31-27-23-19-15-11-13-17-21-25-29-33-55-78-57-58-79(65-78)56-34-30-26-22-18-14-12-16-20-24-28-32-36-62-89-69-81(67-85-87-83)91-64-60-77(10)54-42-52-75(8)50-40-48-73(6)46-38-44-71(3)4/h70-81H,11-69H2,1-10H3/t72-,73-,74-,75-,76?,77?,78-,79+,80-,81-/m1/s1. The zero-order valence-electron chi connectivity index (χ0n) is 63.0. The first-order valence-electron chi connectivity index (χ1n) is 40.7. The molecule has 0 aliphatic heterocycles. The molecule has 0 N–H and O–H groups in total. The maximum atomic E-state index is 8.92. The van der Waals surface area contributed by atoms with Gasteiger partial charge in [0, 0.05) is 36.3 Å². The highest BCUT2D eigenvalue weighted by atomic mass is 16.5. The fraction of sp³-hybridized carbons (Fsp3) is 1.00. The van der Waals surface area contributed by atoms with Crippen LogP contribution in [0.5, 0.6) is 0 Å².